The van der Waals surface area contributed by atoms with Crippen LogP contribution in [-0.4, -0.2) is 37.0 Å². The molecular weight excluding hydrogens is 352 g/mol. The van der Waals surface area contributed by atoms with Crippen LogP contribution >= 0.6 is 0 Å². The van der Waals surface area contributed by atoms with Crippen LogP contribution in [0.4, 0.5) is 0 Å². The molecule has 0 radical (unpaired) electrons. The fourth-order valence-corrected chi connectivity index (χ4v) is 7.57. The van der Waals surface area contributed by atoms with Crippen molar-refractivity contribution in [3.05, 3.63) is 35.9 Å². The van der Waals surface area contributed by atoms with Gasteiger partial charge in [-0.25, -0.2) is 9.97 Å². The molecule has 0 aliphatic heterocycles. The molecule has 0 aromatic carbocycles. The van der Waals surface area contributed by atoms with E-state index in [9.17, 15) is 15.3 Å². The van der Waals surface area contributed by atoms with Crippen molar-refractivity contribution < 1.29 is 15.3 Å². The molecule has 152 valence electrons. The number of aromatic nitrogens is 2. The van der Waals surface area contributed by atoms with Gasteiger partial charge in [0.15, 0.2) is 5.82 Å². The highest BCUT2D eigenvalue weighted by molar-refractivity contribution is 5.30. The highest BCUT2D eigenvalue weighted by Gasteiger charge is 2.72. The van der Waals surface area contributed by atoms with Crippen LogP contribution in [0.5, 0.6) is 0 Å². The summed E-state index contributed by atoms with van der Waals surface area (Å²) in [6, 6.07) is 1.76. The monoisotopic (exact) mass is 384 g/mol. The number of fused-ring (bicyclic) bond motifs is 5. The molecule has 0 amide bonds. The van der Waals surface area contributed by atoms with Gasteiger partial charge >= 0.3 is 0 Å². The lowest BCUT2D eigenvalue weighted by molar-refractivity contribution is -0.223. The summed E-state index contributed by atoms with van der Waals surface area (Å²) in [5, 5.41) is 34.0. The highest BCUT2D eigenvalue weighted by Crippen LogP contribution is 2.70. The third kappa shape index (κ3) is 2.13. The van der Waals surface area contributed by atoms with Crippen molar-refractivity contribution in [3.8, 4) is 0 Å². The molecule has 3 saturated carbocycles. The molecule has 0 bridgehead atoms. The molecular formula is C23H32N2O3. The Labute approximate surface area is 166 Å². The van der Waals surface area contributed by atoms with E-state index in [-0.39, 0.29) is 17.4 Å². The maximum absolute atomic E-state index is 12.1. The van der Waals surface area contributed by atoms with Crippen molar-refractivity contribution in [2.75, 3.05) is 0 Å². The Morgan fingerprint density at radius 3 is 2.43 bits per heavy atom. The van der Waals surface area contributed by atoms with Crippen molar-refractivity contribution in [2.24, 2.45) is 22.7 Å². The largest absolute Gasteiger partial charge is 0.389 e. The van der Waals surface area contributed by atoms with Gasteiger partial charge in [-0.15, -0.1) is 0 Å². The Hall–Kier alpha value is -1.30. The molecule has 5 nitrogen and oxygen atoms in total. The summed E-state index contributed by atoms with van der Waals surface area (Å²) in [6.07, 6.45) is 11.6. The first kappa shape index (κ1) is 18.7. The van der Waals surface area contributed by atoms with E-state index in [4.69, 9.17) is 0 Å². The maximum atomic E-state index is 12.1. The van der Waals surface area contributed by atoms with Gasteiger partial charge in [-0.2, -0.15) is 0 Å². The number of aliphatic hydroxyl groups excluding tert-OH is 1. The van der Waals surface area contributed by atoms with Gasteiger partial charge in [-0.05, 0) is 74.7 Å². The van der Waals surface area contributed by atoms with Gasteiger partial charge in [-0.3, -0.25) is 0 Å². The van der Waals surface area contributed by atoms with E-state index >= 15 is 0 Å². The number of hydrogen-bond donors (Lipinski definition) is 3. The summed E-state index contributed by atoms with van der Waals surface area (Å²) in [5.41, 5.74) is -1.29. The summed E-state index contributed by atoms with van der Waals surface area (Å²) in [4.78, 5) is 8.76. The molecule has 0 unspecified atom stereocenters. The lowest BCUT2D eigenvalue weighted by Gasteiger charge is -2.62. The molecule has 5 heteroatoms. The quantitative estimate of drug-likeness (QED) is 0.648. The molecule has 4 aliphatic carbocycles. The Morgan fingerprint density at radius 1 is 0.929 bits per heavy atom. The van der Waals surface area contributed by atoms with E-state index in [1.54, 1.807) is 18.5 Å². The maximum Gasteiger partial charge on any atom is 0.160 e. The molecule has 1 aromatic rings. The second kappa shape index (κ2) is 5.87. The number of nitrogens with zero attached hydrogens (tertiary/aromatic N) is 2. The summed E-state index contributed by atoms with van der Waals surface area (Å²) < 4.78 is 0. The molecule has 3 fully saturated rings. The molecule has 28 heavy (non-hydrogen) atoms. The van der Waals surface area contributed by atoms with Gasteiger partial charge in [-0.1, -0.05) is 25.5 Å². The fraction of sp³-hybridized carbons (Fsp3) is 0.739. The zero-order chi connectivity index (χ0) is 19.8. The van der Waals surface area contributed by atoms with E-state index in [1.807, 2.05) is 0 Å². The zero-order valence-electron chi connectivity index (χ0n) is 16.9. The second-order valence-electron chi connectivity index (χ2n) is 10.2. The highest BCUT2D eigenvalue weighted by atomic mass is 16.3. The van der Waals surface area contributed by atoms with Crippen molar-refractivity contribution in [3.63, 3.8) is 0 Å². The number of hydrogen-bond acceptors (Lipinski definition) is 5. The van der Waals surface area contributed by atoms with Gasteiger partial charge < -0.3 is 15.3 Å². The minimum absolute atomic E-state index is 0.0587. The van der Waals surface area contributed by atoms with Crippen LogP contribution in [0.25, 0.3) is 0 Å². The van der Waals surface area contributed by atoms with Crippen molar-refractivity contribution >= 4 is 0 Å². The van der Waals surface area contributed by atoms with Crippen LogP contribution < -0.4 is 0 Å². The van der Waals surface area contributed by atoms with Crippen molar-refractivity contribution in [1.82, 2.24) is 9.97 Å². The average molecular weight is 385 g/mol. The van der Waals surface area contributed by atoms with E-state index in [0.717, 1.165) is 38.5 Å². The van der Waals surface area contributed by atoms with E-state index < -0.39 is 16.6 Å². The molecule has 3 N–H and O–H groups in total. The van der Waals surface area contributed by atoms with Crippen LogP contribution in [0.15, 0.2) is 30.1 Å². The Kier molecular flexibility index (Phi) is 3.92. The van der Waals surface area contributed by atoms with Gasteiger partial charge in [0.1, 0.15) is 5.60 Å². The molecule has 1 aromatic heterocycles. The first-order chi connectivity index (χ1) is 13.2. The summed E-state index contributed by atoms with van der Waals surface area (Å²) in [7, 11) is 0. The minimum atomic E-state index is -1.19. The fourth-order valence-electron chi connectivity index (χ4n) is 7.57. The van der Waals surface area contributed by atoms with E-state index in [2.05, 4.69) is 29.9 Å². The number of rotatable bonds is 1. The van der Waals surface area contributed by atoms with E-state index in [1.165, 1.54) is 5.57 Å². The standard InChI is InChI=1S/C23H32N2O3/c1-20-8-6-16(26)14-15(20)4-5-18-17(20)7-9-21(2)22(18,27)10-11-23(21,28)19-24-12-3-13-25-19/h3,12-14,16-18,26-28H,4-11H2,1-2H3/t16-,17-,18+,20-,21-,22-,23-/m0/s1. The second-order valence-corrected chi connectivity index (χ2v) is 10.2. The first-order valence-corrected chi connectivity index (χ1v) is 10.9. The zero-order valence-corrected chi connectivity index (χ0v) is 16.9. The molecule has 1 heterocycles. The summed E-state index contributed by atoms with van der Waals surface area (Å²) in [6.45, 7) is 4.40. The normalized spacial score (nSPS) is 50.3. The third-order valence-corrected chi connectivity index (χ3v) is 9.36. The average Bonchev–Trinajstić information content (AvgIpc) is 2.91. The molecule has 4 aliphatic rings. The van der Waals surface area contributed by atoms with Gasteiger partial charge in [0.2, 0.25) is 0 Å². The Balaban J connectivity index is 1.55. The SMILES string of the molecule is C[C@]12CC[C@H]3[C@@H](CCC4=C[C@@H](O)CC[C@@]43C)[C@@]1(O)CC[C@]2(O)c1ncccn1. The number of aliphatic hydroxyl groups is 3. The summed E-state index contributed by atoms with van der Waals surface area (Å²) in [5.74, 6) is 1.02. The van der Waals surface area contributed by atoms with Crippen LogP contribution in [0.1, 0.15) is 71.0 Å². The van der Waals surface area contributed by atoms with Crippen LogP contribution in [-0.2, 0) is 5.60 Å². The topological polar surface area (TPSA) is 86.5 Å². The number of allylic oxidation sites excluding steroid dienone is 1. The van der Waals surface area contributed by atoms with Gasteiger partial charge in [0, 0.05) is 17.8 Å². The lowest BCUT2D eigenvalue weighted by atomic mass is 9.44. The lowest BCUT2D eigenvalue weighted by Crippen LogP contribution is -2.63. The Morgan fingerprint density at radius 2 is 1.68 bits per heavy atom. The third-order valence-electron chi connectivity index (χ3n) is 9.36. The minimum Gasteiger partial charge on any atom is -0.389 e. The predicted octanol–water partition coefficient (Wildman–Crippen LogP) is 3.10. The molecule has 5 rings (SSSR count). The first-order valence-electron chi connectivity index (χ1n) is 10.9. The van der Waals surface area contributed by atoms with Gasteiger partial charge in [0.05, 0.1) is 11.7 Å². The van der Waals surface area contributed by atoms with Crippen molar-refractivity contribution in [1.29, 1.82) is 0 Å². The van der Waals surface area contributed by atoms with E-state index in [0.29, 0.717) is 24.6 Å². The Bertz CT molecular complexity index is 813. The van der Waals surface area contributed by atoms with Crippen LogP contribution in [0.2, 0.25) is 0 Å². The van der Waals surface area contributed by atoms with Crippen molar-refractivity contribution in [2.45, 2.75) is 82.5 Å². The smallest absolute Gasteiger partial charge is 0.160 e. The van der Waals surface area contributed by atoms with Gasteiger partial charge in [0.25, 0.3) is 0 Å². The summed E-state index contributed by atoms with van der Waals surface area (Å²) >= 11 is 0. The molecule has 7 atom stereocenters. The van der Waals surface area contributed by atoms with Crippen LogP contribution in [0.3, 0.4) is 0 Å². The van der Waals surface area contributed by atoms with Crippen LogP contribution in [0, 0.1) is 22.7 Å². The molecule has 0 saturated heterocycles. The predicted molar refractivity (Wildman–Crippen MR) is 105 cm³/mol. The molecule has 0 spiro atoms.